The lowest BCUT2D eigenvalue weighted by Gasteiger charge is -2.32. The number of piperidine rings is 1. The van der Waals surface area contributed by atoms with E-state index in [4.69, 9.17) is 4.42 Å². The van der Waals surface area contributed by atoms with Gasteiger partial charge in [-0.05, 0) is 31.9 Å². The van der Waals surface area contributed by atoms with E-state index in [9.17, 15) is 4.79 Å². The minimum Gasteiger partial charge on any atom is -0.440 e. The van der Waals surface area contributed by atoms with Crippen molar-refractivity contribution in [3.8, 4) is 0 Å². The molecule has 3 aromatic rings. The number of fused-ring (bicyclic) bond motifs is 1. The minimum atomic E-state index is -0.171. The van der Waals surface area contributed by atoms with Crippen LogP contribution in [-0.4, -0.2) is 44.3 Å². The minimum absolute atomic E-state index is 0.140. The summed E-state index contributed by atoms with van der Waals surface area (Å²) >= 11 is 2.93. The molecular formula is C17H18N4O2S2. The highest BCUT2D eigenvalue weighted by Crippen LogP contribution is 2.31. The third kappa shape index (κ3) is 3.55. The number of para-hydroxylation sites is 2. The number of thioether (sulfide) groups is 1. The van der Waals surface area contributed by atoms with Crippen molar-refractivity contribution in [1.29, 1.82) is 0 Å². The molecule has 0 N–H and O–H groups in total. The Bertz CT molecular complexity index is 832. The first-order valence-electron chi connectivity index (χ1n) is 8.28. The lowest BCUT2D eigenvalue weighted by atomic mass is 9.98. The lowest BCUT2D eigenvalue weighted by Crippen LogP contribution is -2.42. The van der Waals surface area contributed by atoms with Gasteiger partial charge >= 0.3 is 0 Å². The van der Waals surface area contributed by atoms with Gasteiger partial charge in [0.05, 0.1) is 11.2 Å². The highest BCUT2D eigenvalue weighted by atomic mass is 32.2. The van der Waals surface area contributed by atoms with Crippen LogP contribution < -0.4 is 0 Å². The molecule has 0 radical (unpaired) electrons. The van der Waals surface area contributed by atoms with E-state index in [-0.39, 0.29) is 17.1 Å². The maximum absolute atomic E-state index is 12.8. The Labute approximate surface area is 153 Å². The summed E-state index contributed by atoms with van der Waals surface area (Å²) < 4.78 is 6.74. The predicted molar refractivity (Wildman–Crippen MR) is 97.8 cm³/mol. The van der Waals surface area contributed by atoms with Gasteiger partial charge in [0, 0.05) is 13.1 Å². The Balaban J connectivity index is 1.45. The van der Waals surface area contributed by atoms with Crippen molar-refractivity contribution in [1.82, 2.24) is 20.1 Å². The molecule has 0 aliphatic carbocycles. The van der Waals surface area contributed by atoms with Gasteiger partial charge < -0.3 is 9.32 Å². The molecular weight excluding hydrogens is 356 g/mol. The van der Waals surface area contributed by atoms with Crippen LogP contribution in [0.4, 0.5) is 0 Å². The molecule has 1 aliphatic rings. The molecule has 2 aromatic heterocycles. The van der Waals surface area contributed by atoms with Crippen LogP contribution in [0.25, 0.3) is 11.1 Å². The number of carbonyl (C=O) groups excluding carboxylic acids is 1. The topological polar surface area (TPSA) is 72.1 Å². The molecule has 2 atom stereocenters. The standard InChI is InChI=1S/C17H18N4O2S2/c1-11(25-17-20-18-10-24-17)16(22)21-8-4-5-12(9-21)15-19-13-6-2-3-7-14(13)23-15/h2-3,6-7,10-12H,4-5,8-9H2,1H3/t11-,12-/m0/s1. The van der Waals surface area contributed by atoms with Gasteiger partial charge in [-0.1, -0.05) is 35.2 Å². The van der Waals surface area contributed by atoms with E-state index in [1.807, 2.05) is 36.1 Å². The van der Waals surface area contributed by atoms with E-state index >= 15 is 0 Å². The zero-order valence-electron chi connectivity index (χ0n) is 13.8. The number of nitrogens with zero attached hydrogens (tertiary/aromatic N) is 4. The summed E-state index contributed by atoms with van der Waals surface area (Å²) in [6, 6.07) is 7.78. The third-order valence-electron chi connectivity index (χ3n) is 4.36. The molecule has 0 saturated carbocycles. The first-order valence-corrected chi connectivity index (χ1v) is 10.0. The lowest BCUT2D eigenvalue weighted by molar-refractivity contribution is -0.131. The second-order valence-corrected chi connectivity index (χ2v) is 8.53. The summed E-state index contributed by atoms with van der Waals surface area (Å²) in [6.45, 7) is 3.38. The molecule has 3 heterocycles. The molecule has 0 bridgehead atoms. The number of carbonyl (C=O) groups is 1. The number of hydrogen-bond donors (Lipinski definition) is 0. The number of oxazole rings is 1. The maximum atomic E-state index is 12.8. The smallest absolute Gasteiger partial charge is 0.235 e. The summed E-state index contributed by atoms with van der Waals surface area (Å²) in [5.74, 6) is 1.04. The number of amides is 1. The Kier molecular flexibility index (Phi) is 4.72. The monoisotopic (exact) mass is 374 g/mol. The second-order valence-electron chi connectivity index (χ2n) is 6.11. The first kappa shape index (κ1) is 16.5. The van der Waals surface area contributed by atoms with Gasteiger partial charge in [-0.15, -0.1) is 10.2 Å². The molecule has 1 aliphatic heterocycles. The molecule has 1 aromatic carbocycles. The number of benzene rings is 1. The fourth-order valence-corrected chi connectivity index (χ4v) is 4.83. The van der Waals surface area contributed by atoms with Crippen LogP contribution in [0, 0.1) is 0 Å². The number of likely N-dealkylation sites (tertiary alicyclic amines) is 1. The van der Waals surface area contributed by atoms with E-state index in [1.165, 1.54) is 23.1 Å². The summed E-state index contributed by atoms with van der Waals surface area (Å²) in [5, 5.41) is 7.66. The van der Waals surface area contributed by atoms with Crippen LogP contribution in [0.1, 0.15) is 31.6 Å². The third-order valence-corrected chi connectivity index (χ3v) is 6.26. The van der Waals surface area contributed by atoms with Crippen LogP contribution in [0.3, 0.4) is 0 Å². The van der Waals surface area contributed by atoms with Crippen molar-refractivity contribution >= 4 is 40.1 Å². The average molecular weight is 374 g/mol. The molecule has 25 heavy (non-hydrogen) atoms. The van der Waals surface area contributed by atoms with E-state index in [1.54, 1.807) is 5.51 Å². The zero-order valence-corrected chi connectivity index (χ0v) is 15.4. The van der Waals surface area contributed by atoms with Gasteiger partial charge in [0.1, 0.15) is 11.0 Å². The molecule has 8 heteroatoms. The van der Waals surface area contributed by atoms with E-state index in [0.29, 0.717) is 6.54 Å². The SMILES string of the molecule is C[C@H](Sc1nncs1)C(=O)N1CCC[C@H](c2nc3ccccc3o2)C1. The Morgan fingerprint density at radius 3 is 3.12 bits per heavy atom. The predicted octanol–water partition coefficient (Wildman–Crippen LogP) is 3.57. The molecule has 0 unspecified atom stereocenters. The van der Waals surface area contributed by atoms with E-state index in [2.05, 4.69) is 15.2 Å². The Morgan fingerprint density at radius 1 is 1.44 bits per heavy atom. The van der Waals surface area contributed by atoms with Crippen molar-refractivity contribution in [2.45, 2.75) is 35.3 Å². The summed E-state index contributed by atoms with van der Waals surface area (Å²) in [7, 11) is 0. The molecule has 0 spiro atoms. The van der Waals surface area contributed by atoms with Crippen molar-refractivity contribution < 1.29 is 9.21 Å². The zero-order chi connectivity index (χ0) is 17.2. The van der Waals surface area contributed by atoms with Gasteiger partial charge in [0.2, 0.25) is 5.91 Å². The van der Waals surface area contributed by atoms with Gasteiger partial charge in [0.15, 0.2) is 15.8 Å². The average Bonchev–Trinajstić information content (AvgIpc) is 3.30. The van der Waals surface area contributed by atoms with Crippen LogP contribution in [0.15, 0.2) is 38.5 Å². The molecule has 1 fully saturated rings. The maximum Gasteiger partial charge on any atom is 0.235 e. The van der Waals surface area contributed by atoms with E-state index < -0.39 is 0 Å². The first-order chi connectivity index (χ1) is 12.2. The Hall–Kier alpha value is -1.93. The van der Waals surface area contributed by atoms with Gasteiger partial charge in [-0.3, -0.25) is 4.79 Å². The molecule has 1 amide bonds. The van der Waals surface area contributed by atoms with Crippen molar-refractivity contribution in [2.75, 3.05) is 13.1 Å². The van der Waals surface area contributed by atoms with E-state index in [0.717, 1.165) is 40.7 Å². The fraction of sp³-hybridized carbons (Fsp3) is 0.412. The van der Waals surface area contributed by atoms with Crippen LogP contribution >= 0.6 is 23.1 Å². The van der Waals surface area contributed by atoms with Crippen molar-refractivity contribution in [3.63, 3.8) is 0 Å². The molecule has 1 saturated heterocycles. The highest BCUT2D eigenvalue weighted by molar-refractivity contribution is 8.02. The largest absolute Gasteiger partial charge is 0.440 e. The van der Waals surface area contributed by atoms with Gasteiger partial charge in [-0.25, -0.2) is 4.98 Å². The highest BCUT2D eigenvalue weighted by Gasteiger charge is 2.30. The molecule has 130 valence electrons. The van der Waals surface area contributed by atoms with Crippen molar-refractivity contribution in [2.24, 2.45) is 0 Å². The quantitative estimate of drug-likeness (QED) is 0.650. The van der Waals surface area contributed by atoms with Gasteiger partial charge in [0.25, 0.3) is 0 Å². The second kappa shape index (κ2) is 7.13. The Morgan fingerprint density at radius 2 is 2.32 bits per heavy atom. The fourth-order valence-electron chi connectivity index (χ4n) is 3.12. The van der Waals surface area contributed by atoms with Crippen molar-refractivity contribution in [3.05, 3.63) is 35.7 Å². The van der Waals surface area contributed by atoms with Crippen LogP contribution in [0.5, 0.6) is 0 Å². The number of rotatable bonds is 4. The van der Waals surface area contributed by atoms with Gasteiger partial charge in [-0.2, -0.15) is 0 Å². The normalized spacial score (nSPS) is 19.2. The van der Waals surface area contributed by atoms with Crippen LogP contribution in [-0.2, 0) is 4.79 Å². The molecule has 6 nitrogen and oxygen atoms in total. The molecule has 4 rings (SSSR count). The van der Waals surface area contributed by atoms with Crippen LogP contribution in [0.2, 0.25) is 0 Å². The summed E-state index contributed by atoms with van der Waals surface area (Å²) in [6.07, 6.45) is 1.96. The summed E-state index contributed by atoms with van der Waals surface area (Å²) in [5.41, 5.74) is 3.37. The number of hydrogen-bond acceptors (Lipinski definition) is 7. The summed E-state index contributed by atoms with van der Waals surface area (Å²) in [4.78, 5) is 19.3. The number of aromatic nitrogens is 3.